The van der Waals surface area contributed by atoms with E-state index in [-0.39, 0.29) is 42.3 Å². The van der Waals surface area contributed by atoms with Crippen LogP contribution in [-0.2, 0) is 9.84 Å². The highest BCUT2D eigenvalue weighted by atomic mass is 127. The maximum absolute atomic E-state index is 12.2. The molecule has 0 aliphatic carbocycles. The number of ether oxygens (including phenoxy) is 1. The zero-order chi connectivity index (χ0) is 18.5. The van der Waals surface area contributed by atoms with E-state index >= 15 is 0 Å². The van der Waals surface area contributed by atoms with Crippen molar-refractivity contribution in [1.29, 1.82) is 0 Å². The Balaban J connectivity index is 0.00000338. The van der Waals surface area contributed by atoms with E-state index in [0.717, 1.165) is 17.7 Å². The van der Waals surface area contributed by atoms with Crippen molar-refractivity contribution in [3.63, 3.8) is 0 Å². The van der Waals surface area contributed by atoms with Crippen LogP contribution in [0.4, 0.5) is 0 Å². The lowest BCUT2D eigenvalue weighted by Gasteiger charge is -2.28. The van der Waals surface area contributed by atoms with Gasteiger partial charge in [-0.25, -0.2) is 8.42 Å². The molecule has 0 fully saturated rings. The summed E-state index contributed by atoms with van der Waals surface area (Å²) in [5, 5.41) is 6.59. The number of benzene rings is 1. The van der Waals surface area contributed by atoms with E-state index in [1.807, 2.05) is 31.2 Å². The van der Waals surface area contributed by atoms with Gasteiger partial charge in [-0.3, -0.25) is 4.99 Å². The van der Waals surface area contributed by atoms with Gasteiger partial charge in [0.1, 0.15) is 5.75 Å². The summed E-state index contributed by atoms with van der Waals surface area (Å²) in [4.78, 5) is 4.45. The fraction of sp³-hybridized carbons (Fsp3) is 0.611. The summed E-state index contributed by atoms with van der Waals surface area (Å²) in [6.45, 7) is 8.73. The van der Waals surface area contributed by atoms with Crippen LogP contribution in [0.25, 0.3) is 0 Å². The molecular formula is C18H30IN3O3S. The molecule has 1 atom stereocenters. The first-order valence-corrected chi connectivity index (χ1v) is 10.4. The Labute approximate surface area is 174 Å². The van der Waals surface area contributed by atoms with E-state index < -0.39 is 14.6 Å². The van der Waals surface area contributed by atoms with Gasteiger partial charge in [0.2, 0.25) is 0 Å². The normalized spacial score (nSPS) is 17.5. The average Bonchev–Trinajstić information content (AvgIpc) is 2.54. The van der Waals surface area contributed by atoms with Gasteiger partial charge in [0.25, 0.3) is 0 Å². The summed E-state index contributed by atoms with van der Waals surface area (Å²) in [5.74, 6) is 1.56. The minimum Gasteiger partial charge on any atom is -0.493 e. The fourth-order valence-corrected chi connectivity index (χ4v) is 3.50. The van der Waals surface area contributed by atoms with Gasteiger partial charge < -0.3 is 15.4 Å². The quantitative estimate of drug-likeness (QED) is 0.373. The van der Waals surface area contributed by atoms with Crippen LogP contribution in [0.3, 0.4) is 0 Å². The third-order valence-corrected chi connectivity index (χ3v) is 6.76. The fourth-order valence-electron chi connectivity index (χ4n) is 2.56. The van der Waals surface area contributed by atoms with Crippen LogP contribution in [0.15, 0.2) is 29.3 Å². The second kappa shape index (κ2) is 9.77. The van der Waals surface area contributed by atoms with Gasteiger partial charge in [0, 0.05) is 18.5 Å². The maximum Gasteiger partial charge on any atom is 0.191 e. The van der Waals surface area contributed by atoms with Crippen molar-refractivity contribution in [3.8, 4) is 5.75 Å². The standard InChI is InChI=1S/C18H29N3O3S.HI/c1-5-19-17(20-11-13-25(22,23)18(2,3)4)21-15-10-12-24-16-9-7-6-8-14(15)16;/h6-9,15H,5,10-13H2,1-4H3,(H2,19,20,21);1H. The topological polar surface area (TPSA) is 79.8 Å². The number of fused-ring (bicyclic) bond motifs is 1. The molecule has 1 aromatic rings. The van der Waals surface area contributed by atoms with E-state index in [1.54, 1.807) is 20.8 Å². The van der Waals surface area contributed by atoms with Crippen molar-refractivity contribution in [2.24, 2.45) is 4.99 Å². The summed E-state index contributed by atoms with van der Waals surface area (Å²) in [6, 6.07) is 8.05. The highest BCUT2D eigenvalue weighted by Gasteiger charge is 2.28. The van der Waals surface area contributed by atoms with Gasteiger partial charge in [-0.2, -0.15) is 0 Å². The highest BCUT2D eigenvalue weighted by molar-refractivity contribution is 14.0. The van der Waals surface area contributed by atoms with Crippen molar-refractivity contribution >= 4 is 39.8 Å². The number of nitrogens with one attached hydrogen (secondary N) is 2. The molecule has 0 spiro atoms. The highest BCUT2D eigenvalue weighted by Crippen LogP contribution is 2.31. The number of hydrogen-bond donors (Lipinski definition) is 2. The predicted molar refractivity (Wildman–Crippen MR) is 117 cm³/mol. The molecule has 2 rings (SSSR count). The molecule has 1 aromatic carbocycles. The lowest BCUT2D eigenvalue weighted by molar-refractivity contribution is 0.261. The first-order valence-electron chi connectivity index (χ1n) is 8.73. The van der Waals surface area contributed by atoms with E-state index in [2.05, 4.69) is 15.6 Å². The molecule has 0 saturated carbocycles. The van der Waals surface area contributed by atoms with E-state index in [9.17, 15) is 8.42 Å². The molecule has 0 radical (unpaired) electrons. The Bertz CT molecular complexity index is 715. The van der Waals surface area contributed by atoms with E-state index in [0.29, 0.717) is 19.1 Å². The molecule has 148 valence electrons. The number of guanidine groups is 1. The van der Waals surface area contributed by atoms with Gasteiger partial charge in [-0.05, 0) is 33.8 Å². The average molecular weight is 495 g/mol. The molecule has 0 aromatic heterocycles. The van der Waals surface area contributed by atoms with Crippen molar-refractivity contribution < 1.29 is 13.2 Å². The minimum absolute atomic E-state index is 0. The molecule has 1 unspecified atom stereocenters. The van der Waals surface area contributed by atoms with Crippen LogP contribution < -0.4 is 15.4 Å². The Morgan fingerprint density at radius 1 is 1.31 bits per heavy atom. The van der Waals surface area contributed by atoms with Crippen LogP contribution >= 0.6 is 24.0 Å². The van der Waals surface area contributed by atoms with Crippen molar-refractivity contribution in [1.82, 2.24) is 10.6 Å². The lowest BCUT2D eigenvalue weighted by atomic mass is 10.0. The smallest absolute Gasteiger partial charge is 0.191 e. The number of halogens is 1. The van der Waals surface area contributed by atoms with Gasteiger partial charge in [0.05, 0.1) is 29.7 Å². The number of nitrogens with zero attached hydrogens (tertiary/aromatic N) is 1. The van der Waals surface area contributed by atoms with Gasteiger partial charge >= 0.3 is 0 Å². The zero-order valence-electron chi connectivity index (χ0n) is 15.9. The number of sulfone groups is 1. The summed E-state index contributed by atoms with van der Waals surface area (Å²) >= 11 is 0. The summed E-state index contributed by atoms with van der Waals surface area (Å²) < 4.78 is 29.4. The Kier molecular flexibility index (Phi) is 8.65. The first kappa shape index (κ1) is 23.0. The van der Waals surface area contributed by atoms with Gasteiger partial charge in [-0.1, -0.05) is 18.2 Å². The molecule has 2 N–H and O–H groups in total. The molecule has 0 saturated heterocycles. The Hall–Kier alpha value is -1.03. The van der Waals surface area contributed by atoms with Gasteiger partial charge in [-0.15, -0.1) is 24.0 Å². The first-order chi connectivity index (χ1) is 11.7. The molecule has 6 nitrogen and oxygen atoms in total. The van der Waals surface area contributed by atoms with Gasteiger partial charge in [0.15, 0.2) is 15.8 Å². The van der Waals surface area contributed by atoms with Crippen LogP contribution in [0.1, 0.15) is 45.7 Å². The van der Waals surface area contributed by atoms with Crippen molar-refractivity contribution in [3.05, 3.63) is 29.8 Å². The third kappa shape index (κ3) is 6.00. The summed E-state index contributed by atoms with van der Waals surface area (Å²) in [7, 11) is -3.17. The third-order valence-electron chi connectivity index (χ3n) is 4.18. The van der Waals surface area contributed by atoms with Crippen molar-refractivity contribution in [2.75, 3.05) is 25.4 Å². The molecule has 0 bridgehead atoms. The number of rotatable bonds is 5. The van der Waals surface area contributed by atoms with Crippen LogP contribution in [0.5, 0.6) is 5.75 Å². The van der Waals surface area contributed by atoms with E-state index in [1.165, 1.54) is 0 Å². The minimum atomic E-state index is -3.17. The Morgan fingerprint density at radius 3 is 2.65 bits per heavy atom. The molecule has 1 heterocycles. The SMILES string of the molecule is CCNC(=NCCS(=O)(=O)C(C)(C)C)NC1CCOc2ccccc21.I. The van der Waals surface area contributed by atoms with Crippen molar-refractivity contribution in [2.45, 2.75) is 44.9 Å². The summed E-state index contributed by atoms with van der Waals surface area (Å²) in [5.41, 5.74) is 1.10. The van der Waals surface area contributed by atoms with Crippen LogP contribution in [-0.4, -0.2) is 44.6 Å². The lowest BCUT2D eigenvalue weighted by Crippen LogP contribution is -2.41. The number of hydrogen-bond acceptors (Lipinski definition) is 4. The number of aliphatic imine (C=N–C) groups is 1. The maximum atomic E-state index is 12.2. The molecule has 1 aliphatic rings. The monoisotopic (exact) mass is 495 g/mol. The molecule has 0 amide bonds. The van der Waals surface area contributed by atoms with Crippen LogP contribution in [0, 0.1) is 0 Å². The zero-order valence-corrected chi connectivity index (χ0v) is 19.1. The second-order valence-electron chi connectivity index (χ2n) is 7.06. The van der Waals surface area contributed by atoms with E-state index in [4.69, 9.17) is 4.74 Å². The Morgan fingerprint density at radius 2 is 2.00 bits per heavy atom. The molecule has 8 heteroatoms. The summed E-state index contributed by atoms with van der Waals surface area (Å²) in [6.07, 6.45) is 0.835. The largest absolute Gasteiger partial charge is 0.493 e. The molecule has 26 heavy (non-hydrogen) atoms. The van der Waals surface area contributed by atoms with Crippen LogP contribution in [0.2, 0.25) is 0 Å². The molecular weight excluding hydrogens is 465 g/mol. The predicted octanol–water partition coefficient (Wildman–Crippen LogP) is 2.90. The second-order valence-corrected chi connectivity index (χ2v) is 9.93. The number of para-hydroxylation sites is 1. The molecule has 1 aliphatic heterocycles.